The van der Waals surface area contributed by atoms with Crippen molar-refractivity contribution in [3.63, 3.8) is 0 Å². The van der Waals surface area contributed by atoms with Gasteiger partial charge in [0.05, 0.1) is 5.57 Å². The quantitative estimate of drug-likeness (QED) is 0.340. The number of aliphatic imine (C=N–C) groups is 1. The molecular weight excluding hydrogens is 148 g/mol. The number of nitrogens with zero attached hydrogens (tertiary/aromatic N) is 2. The van der Waals surface area contributed by atoms with Gasteiger partial charge in [-0.15, -0.1) is 0 Å². The molecule has 0 N–H and O–H groups in total. The number of rotatable bonds is 2. The lowest BCUT2D eigenvalue weighted by Gasteiger charge is -1.88. The van der Waals surface area contributed by atoms with E-state index in [1.165, 1.54) is 19.2 Å². The second-order valence-corrected chi connectivity index (χ2v) is 1.80. The molecule has 0 unspecified atom stereocenters. The molecule has 0 spiro atoms. The maximum atomic E-state index is 8.43. The monoisotopic (exact) mass is 154 g/mol. The highest BCUT2D eigenvalue weighted by molar-refractivity contribution is 6.70. The Hall–Kier alpha value is -1.07. The van der Waals surface area contributed by atoms with Crippen LogP contribution in [0.5, 0.6) is 0 Å². The molecule has 0 rings (SSSR count). The second kappa shape index (κ2) is 4.78. The lowest BCUT2D eigenvalue weighted by atomic mass is 10.3. The van der Waals surface area contributed by atoms with Crippen molar-refractivity contribution in [1.29, 1.82) is 5.26 Å². The van der Waals surface area contributed by atoms with Gasteiger partial charge in [-0.05, 0) is 6.08 Å². The zero-order chi connectivity index (χ0) is 7.98. The first-order valence-electron chi connectivity index (χ1n) is 2.61. The summed E-state index contributed by atoms with van der Waals surface area (Å²) in [5, 5.41) is 8.64. The third-order valence-corrected chi connectivity index (χ3v) is 1.20. The van der Waals surface area contributed by atoms with Gasteiger partial charge in [0.1, 0.15) is 11.2 Å². The molecule has 0 aliphatic heterocycles. The molecule has 3 heteroatoms. The Morgan fingerprint density at radius 1 is 1.80 bits per heavy atom. The minimum absolute atomic E-state index is 0.211. The number of allylic oxidation sites excluding steroid dienone is 3. The van der Waals surface area contributed by atoms with Gasteiger partial charge in [-0.25, -0.2) is 0 Å². The van der Waals surface area contributed by atoms with E-state index in [9.17, 15) is 0 Å². The highest BCUT2D eigenvalue weighted by atomic mass is 35.5. The molecule has 52 valence electrons. The van der Waals surface area contributed by atoms with Crippen molar-refractivity contribution < 1.29 is 0 Å². The van der Waals surface area contributed by atoms with Crippen LogP contribution < -0.4 is 0 Å². The van der Waals surface area contributed by atoms with Gasteiger partial charge in [-0.3, -0.25) is 4.99 Å². The van der Waals surface area contributed by atoms with E-state index in [0.29, 0.717) is 5.57 Å². The minimum Gasteiger partial charge on any atom is -0.275 e. The molecule has 0 fully saturated rings. The first-order chi connectivity index (χ1) is 4.76. The number of hydrogen-bond acceptors (Lipinski definition) is 2. The van der Waals surface area contributed by atoms with Gasteiger partial charge in [0, 0.05) is 7.05 Å². The van der Waals surface area contributed by atoms with Crippen molar-refractivity contribution >= 4 is 16.8 Å². The molecule has 0 saturated heterocycles. The molecule has 0 aliphatic rings. The third-order valence-electron chi connectivity index (χ3n) is 0.824. The molecule has 0 bridgehead atoms. The molecule has 0 aromatic carbocycles. The topological polar surface area (TPSA) is 36.1 Å². The molecular formula is C7H7ClN2. The zero-order valence-corrected chi connectivity index (χ0v) is 6.39. The number of nitriles is 1. The second-order valence-electron chi connectivity index (χ2n) is 1.44. The van der Waals surface area contributed by atoms with Crippen molar-refractivity contribution in [2.75, 3.05) is 7.05 Å². The summed E-state index contributed by atoms with van der Waals surface area (Å²) in [6, 6.07) is 1.88. The minimum atomic E-state index is 0.211. The normalized spacial score (nSPS) is 12.5. The summed E-state index contributed by atoms with van der Waals surface area (Å²) < 4.78 is 0. The van der Waals surface area contributed by atoms with Crippen molar-refractivity contribution in [3.05, 3.63) is 24.3 Å². The Bertz CT molecular complexity index is 220. The molecule has 0 heterocycles. The van der Waals surface area contributed by atoms with Crippen LogP contribution in [-0.2, 0) is 0 Å². The first kappa shape index (κ1) is 8.93. The fourth-order valence-electron chi connectivity index (χ4n) is 0.390. The van der Waals surface area contributed by atoms with Gasteiger partial charge < -0.3 is 0 Å². The Kier molecular flexibility index (Phi) is 4.26. The van der Waals surface area contributed by atoms with Gasteiger partial charge in [-0.1, -0.05) is 24.3 Å². The summed E-state index contributed by atoms with van der Waals surface area (Å²) >= 11 is 5.52. The highest BCUT2D eigenvalue weighted by Gasteiger charge is 1.97. The van der Waals surface area contributed by atoms with Gasteiger partial charge in [0.2, 0.25) is 0 Å². The smallest absolute Gasteiger partial charge is 0.141 e. The van der Waals surface area contributed by atoms with Crippen LogP contribution in [0.3, 0.4) is 0 Å². The van der Waals surface area contributed by atoms with Gasteiger partial charge in [0.25, 0.3) is 0 Å². The zero-order valence-electron chi connectivity index (χ0n) is 5.63. The Morgan fingerprint density at radius 2 is 2.40 bits per heavy atom. The summed E-state index contributed by atoms with van der Waals surface area (Å²) in [5.41, 5.74) is 0.333. The fourth-order valence-corrected chi connectivity index (χ4v) is 0.496. The largest absolute Gasteiger partial charge is 0.275 e. The van der Waals surface area contributed by atoms with Crippen molar-refractivity contribution in [2.24, 2.45) is 4.99 Å². The van der Waals surface area contributed by atoms with Crippen molar-refractivity contribution in [3.8, 4) is 6.07 Å². The maximum Gasteiger partial charge on any atom is 0.141 e. The SMILES string of the molecule is C=C/C=C(/C#N)C(Cl)=NC. The van der Waals surface area contributed by atoms with Crippen molar-refractivity contribution in [1.82, 2.24) is 0 Å². The van der Waals surface area contributed by atoms with E-state index in [1.54, 1.807) is 0 Å². The van der Waals surface area contributed by atoms with Crippen LogP contribution >= 0.6 is 11.6 Å². The molecule has 0 aliphatic carbocycles. The summed E-state index contributed by atoms with van der Waals surface area (Å²) in [5.74, 6) is 0. The van der Waals surface area contributed by atoms with Crippen LogP contribution in [0.15, 0.2) is 29.3 Å². The first-order valence-corrected chi connectivity index (χ1v) is 2.99. The third kappa shape index (κ3) is 2.47. The van der Waals surface area contributed by atoms with Gasteiger partial charge >= 0.3 is 0 Å². The molecule has 0 atom stereocenters. The van der Waals surface area contributed by atoms with Crippen LogP contribution in [0.4, 0.5) is 0 Å². The average molecular weight is 155 g/mol. The standard InChI is InChI=1S/C7H7ClN2/c1-3-4-6(5-9)7(8)10-2/h3-4H,1H2,2H3/b6-4-,10-7?. The lowest BCUT2D eigenvalue weighted by Crippen LogP contribution is -1.89. The molecule has 0 saturated carbocycles. The van der Waals surface area contributed by atoms with Gasteiger partial charge in [0.15, 0.2) is 0 Å². The maximum absolute atomic E-state index is 8.43. The molecule has 10 heavy (non-hydrogen) atoms. The van der Waals surface area contributed by atoms with E-state index in [2.05, 4.69) is 11.6 Å². The van der Waals surface area contributed by atoms with Crippen LogP contribution in [0, 0.1) is 11.3 Å². The molecule has 0 amide bonds. The summed E-state index contributed by atoms with van der Waals surface area (Å²) in [4.78, 5) is 3.62. The van der Waals surface area contributed by atoms with Gasteiger partial charge in [-0.2, -0.15) is 5.26 Å². The van der Waals surface area contributed by atoms with Crippen LogP contribution in [0.25, 0.3) is 0 Å². The van der Waals surface area contributed by atoms with E-state index < -0.39 is 0 Å². The predicted molar refractivity (Wildman–Crippen MR) is 43.1 cm³/mol. The van der Waals surface area contributed by atoms with Crippen LogP contribution in [0.1, 0.15) is 0 Å². The van der Waals surface area contributed by atoms with E-state index in [4.69, 9.17) is 16.9 Å². The Balaban J connectivity index is 4.56. The predicted octanol–water partition coefficient (Wildman–Crippen LogP) is 1.89. The fraction of sp³-hybridized carbons (Fsp3) is 0.143. The molecule has 0 aromatic heterocycles. The summed E-state index contributed by atoms with van der Waals surface area (Å²) in [7, 11) is 1.52. The van der Waals surface area contributed by atoms with Crippen LogP contribution in [0.2, 0.25) is 0 Å². The van der Waals surface area contributed by atoms with Crippen LogP contribution in [-0.4, -0.2) is 12.2 Å². The van der Waals surface area contributed by atoms with E-state index in [-0.39, 0.29) is 5.17 Å². The van der Waals surface area contributed by atoms with Crippen molar-refractivity contribution in [2.45, 2.75) is 0 Å². The van der Waals surface area contributed by atoms with E-state index in [0.717, 1.165) is 0 Å². The number of hydrogen-bond donors (Lipinski definition) is 0. The Morgan fingerprint density at radius 3 is 2.70 bits per heavy atom. The summed E-state index contributed by atoms with van der Waals surface area (Å²) in [6.07, 6.45) is 3.00. The van der Waals surface area contributed by atoms with E-state index in [1.807, 2.05) is 6.07 Å². The molecule has 0 radical (unpaired) electrons. The summed E-state index contributed by atoms with van der Waals surface area (Å²) in [6.45, 7) is 3.42. The molecule has 0 aromatic rings. The molecule has 2 nitrogen and oxygen atoms in total. The Labute approximate surface area is 65.1 Å². The lowest BCUT2D eigenvalue weighted by molar-refractivity contribution is 1.44. The number of halogens is 1. The average Bonchev–Trinajstić information content (AvgIpc) is 1.99. The highest BCUT2D eigenvalue weighted by Crippen LogP contribution is 2.00. The van der Waals surface area contributed by atoms with E-state index >= 15 is 0 Å².